The first-order chi connectivity index (χ1) is 25.3. The predicted octanol–water partition coefficient (Wildman–Crippen LogP) is 12.5. The first-order valence-electron chi connectivity index (χ1n) is 17.3. The second-order valence-electron chi connectivity index (χ2n) is 13.2. The maximum Gasteiger partial charge on any atom is 0.145 e. The third kappa shape index (κ3) is 4.17. The molecule has 3 heterocycles. The summed E-state index contributed by atoms with van der Waals surface area (Å²) in [4.78, 5) is 5.18. The van der Waals surface area contributed by atoms with Crippen LogP contribution in [0, 0.1) is 0 Å². The molecule has 0 N–H and O–H groups in total. The fourth-order valence-corrected chi connectivity index (χ4v) is 8.02. The molecule has 4 heteroatoms. The highest BCUT2D eigenvalue weighted by Gasteiger charge is 2.19. The zero-order chi connectivity index (χ0) is 33.5. The number of benzene rings is 8. The van der Waals surface area contributed by atoms with E-state index >= 15 is 0 Å². The van der Waals surface area contributed by atoms with Crippen molar-refractivity contribution in [1.29, 1.82) is 0 Å². The van der Waals surface area contributed by atoms with Crippen LogP contribution in [0.2, 0.25) is 0 Å². The molecular formula is C47H29N3O. The summed E-state index contributed by atoms with van der Waals surface area (Å²) in [7, 11) is 0. The van der Waals surface area contributed by atoms with Gasteiger partial charge >= 0.3 is 0 Å². The van der Waals surface area contributed by atoms with Crippen LogP contribution in [0.25, 0.3) is 99.4 Å². The normalized spacial score (nSPS) is 11.9. The summed E-state index contributed by atoms with van der Waals surface area (Å²) in [5.41, 5.74) is 11.7. The molecule has 3 aromatic heterocycles. The summed E-state index contributed by atoms with van der Waals surface area (Å²) in [5, 5.41) is 7.11. The predicted molar refractivity (Wildman–Crippen MR) is 211 cm³/mol. The molecule has 0 aliphatic heterocycles. The molecule has 11 aromatic rings. The molecule has 238 valence electrons. The van der Waals surface area contributed by atoms with Gasteiger partial charge in [-0.05, 0) is 77.7 Å². The molecule has 0 amide bonds. The van der Waals surface area contributed by atoms with Gasteiger partial charge in [0, 0.05) is 43.7 Å². The van der Waals surface area contributed by atoms with Crippen LogP contribution < -0.4 is 0 Å². The number of fused-ring (bicyclic) bond motifs is 8. The summed E-state index contributed by atoms with van der Waals surface area (Å²) in [6, 6.07) is 62.5. The zero-order valence-electron chi connectivity index (χ0n) is 27.5. The lowest BCUT2D eigenvalue weighted by Crippen LogP contribution is -1.99. The van der Waals surface area contributed by atoms with Gasteiger partial charge in [0.1, 0.15) is 17.0 Å². The van der Waals surface area contributed by atoms with Crippen molar-refractivity contribution in [3.05, 3.63) is 176 Å². The third-order valence-electron chi connectivity index (χ3n) is 10.3. The SMILES string of the molecule is c1ccc2c(-n3c(-c4ccc(-n5c6ccccc6c6cc(-c7cccc8c7oc7ccccc78)ccc65)cc4)nc4ccccc43)cccc2c1. The monoisotopic (exact) mass is 651 g/mol. The number of hydrogen-bond acceptors (Lipinski definition) is 2. The van der Waals surface area contributed by atoms with E-state index in [9.17, 15) is 0 Å². The average molecular weight is 652 g/mol. The number of para-hydroxylation sites is 5. The Hall–Kier alpha value is -6.91. The number of imidazole rings is 1. The van der Waals surface area contributed by atoms with Crippen molar-refractivity contribution in [3.8, 4) is 33.9 Å². The summed E-state index contributed by atoms with van der Waals surface area (Å²) < 4.78 is 11.1. The van der Waals surface area contributed by atoms with Gasteiger partial charge in [-0.15, -0.1) is 0 Å². The largest absolute Gasteiger partial charge is 0.455 e. The molecule has 0 aliphatic carbocycles. The quantitative estimate of drug-likeness (QED) is 0.190. The standard InChI is InChI=1S/C47H29N3O/c1-2-13-34-30(11-1)12-9-21-41(34)50-44-20-7-5-18-40(44)48-47(50)31-23-26-33(27-24-31)49-42-19-6-3-14-36(42)39-29-32(25-28-43(39)49)35-16-10-17-38-37-15-4-8-22-45(37)51-46(35)38/h1-29H. The maximum atomic E-state index is 6.42. The molecule has 0 atom stereocenters. The zero-order valence-corrected chi connectivity index (χ0v) is 27.5. The molecule has 0 aliphatic rings. The van der Waals surface area contributed by atoms with E-state index in [2.05, 4.69) is 173 Å². The fourth-order valence-electron chi connectivity index (χ4n) is 8.02. The van der Waals surface area contributed by atoms with Crippen LogP contribution in [-0.4, -0.2) is 14.1 Å². The Bertz CT molecular complexity index is 3140. The average Bonchev–Trinajstić information content (AvgIpc) is 3.87. The minimum atomic E-state index is 0.911. The van der Waals surface area contributed by atoms with Crippen LogP contribution in [0.5, 0.6) is 0 Å². The van der Waals surface area contributed by atoms with Crippen molar-refractivity contribution in [2.24, 2.45) is 0 Å². The van der Waals surface area contributed by atoms with Gasteiger partial charge in [-0.3, -0.25) is 4.57 Å². The number of furan rings is 1. The van der Waals surface area contributed by atoms with E-state index in [4.69, 9.17) is 9.40 Å². The Labute approximate surface area is 293 Å². The highest BCUT2D eigenvalue weighted by Crippen LogP contribution is 2.40. The fraction of sp³-hybridized carbons (Fsp3) is 0. The van der Waals surface area contributed by atoms with Crippen LogP contribution in [-0.2, 0) is 0 Å². The van der Waals surface area contributed by atoms with E-state index in [1.54, 1.807) is 0 Å². The molecule has 0 spiro atoms. The lowest BCUT2D eigenvalue weighted by atomic mass is 10.0. The Morgan fingerprint density at radius 3 is 2.00 bits per heavy atom. The smallest absolute Gasteiger partial charge is 0.145 e. The molecule has 0 unspecified atom stereocenters. The summed E-state index contributed by atoms with van der Waals surface area (Å²) in [6.45, 7) is 0. The van der Waals surface area contributed by atoms with E-state index in [0.29, 0.717) is 0 Å². The van der Waals surface area contributed by atoms with E-state index in [0.717, 1.165) is 72.4 Å². The van der Waals surface area contributed by atoms with Crippen LogP contribution in [0.3, 0.4) is 0 Å². The Morgan fingerprint density at radius 2 is 1.10 bits per heavy atom. The lowest BCUT2D eigenvalue weighted by molar-refractivity contribution is 0.670. The number of aromatic nitrogens is 3. The molecule has 51 heavy (non-hydrogen) atoms. The highest BCUT2D eigenvalue weighted by atomic mass is 16.3. The van der Waals surface area contributed by atoms with Crippen molar-refractivity contribution in [2.75, 3.05) is 0 Å². The molecule has 0 radical (unpaired) electrons. The Kier molecular flexibility index (Phi) is 5.92. The van der Waals surface area contributed by atoms with E-state index in [1.807, 2.05) is 12.1 Å². The summed E-state index contributed by atoms with van der Waals surface area (Å²) in [5.74, 6) is 0.922. The van der Waals surface area contributed by atoms with Crippen molar-refractivity contribution < 1.29 is 4.42 Å². The van der Waals surface area contributed by atoms with Gasteiger partial charge in [0.25, 0.3) is 0 Å². The second-order valence-corrected chi connectivity index (χ2v) is 13.2. The van der Waals surface area contributed by atoms with Crippen LogP contribution >= 0.6 is 0 Å². The first kappa shape index (κ1) is 28.0. The van der Waals surface area contributed by atoms with Crippen molar-refractivity contribution in [2.45, 2.75) is 0 Å². The number of nitrogens with zero attached hydrogens (tertiary/aromatic N) is 3. The molecular weight excluding hydrogens is 623 g/mol. The number of rotatable bonds is 4. The van der Waals surface area contributed by atoms with Gasteiger partial charge in [0.2, 0.25) is 0 Å². The van der Waals surface area contributed by atoms with Gasteiger partial charge in [0.15, 0.2) is 0 Å². The molecule has 0 bridgehead atoms. The minimum absolute atomic E-state index is 0.911. The van der Waals surface area contributed by atoms with E-state index < -0.39 is 0 Å². The van der Waals surface area contributed by atoms with Gasteiger partial charge in [0.05, 0.1) is 27.8 Å². The Morgan fingerprint density at radius 1 is 0.431 bits per heavy atom. The maximum absolute atomic E-state index is 6.42. The molecule has 11 rings (SSSR count). The topological polar surface area (TPSA) is 35.9 Å². The van der Waals surface area contributed by atoms with Crippen molar-refractivity contribution in [1.82, 2.24) is 14.1 Å². The van der Waals surface area contributed by atoms with Gasteiger partial charge in [-0.1, -0.05) is 109 Å². The molecule has 4 nitrogen and oxygen atoms in total. The van der Waals surface area contributed by atoms with Crippen LogP contribution in [0.15, 0.2) is 180 Å². The lowest BCUT2D eigenvalue weighted by Gasteiger charge is -2.14. The summed E-state index contributed by atoms with van der Waals surface area (Å²) in [6.07, 6.45) is 0. The molecule has 0 saturated heterocycles. The first-order valence-corrected chi connectivity index (χ1v) is 17.3. The number of hydrogen-bond donors (Lipinski definition) is 0. The van der Waals surface area contributed by atoms with Crippen LogP contribution in [0.1, 0.15) is 0 Å². The van der Waals surface area contributed by atoms with Crippen molar-refractivity contribution >= 4 is 65.6 Å². The minimum Gasteiger partial charge on any atom is -0.455 e. The molecule has 0 saturated carbocycles. The van der Waals surface area contributed by atoms with Gasteiger partial charge in [-0.2, -0.15) is 0 Å². The van der Waals surface area contributed by atoms with Gasteiger partial charge in [-0.25, -0.2) is 4.98 Å². The molecule has 8 aromatic carbocycles. The summed E-state index contributed by atoms with van der Waals surface area (Å²) >= 11 is 0. The third-order valence-corrected chi connectivity index (χ3v) is 10.3. The molecule has 0 fully saturated rings. The van der Waals surface area contributed by atoms with E-state index in [-0.39, 0.29) is 0 Å². The van der Waals surface area contributed by atoms with Crippen molar-refractivity contribution in [3.63, 3.8) is 0 Å². The second kappa shape index (κ2) is 10.8. The van der Waals surface area contributed by atoms with Crippen LogP contribution in [0.4, 0.5) is 0 Å². The van der Waals surface area contributed by atoms with Gasteiger partial charge < -0.3 is 8.98 Å². The highest BCUT2D eigenvalue weighted by molar-refractivity contribution is 6.13. The Balaban J connectivity index is 1.06. The van der Waals surface area contributed by atoms with E-state index in [1.165, 1.54) is 27.1 Å².